The van der Waals surface area contributed by atoms with Gasteiger partial charge in [-0.25, -0.2) is 14.6 Å². The molecule has 0 aromatic carbocycles. The van der Waals surface area contributed by atoms with E-state index in [9.17, 15) is 28.8 Å². The zero-order valence-electron chi connectivity index (χ0n) is 22.9. The van der Waals surface area contributed by atoms with Gasteiger partial charge in [0, 0.05) is 0 Å². The lowest BCUT2D eigenvalue weighted by atomic mass is 10.0. The minimum Gasteiger partial charge on any atom is -0.467 e. The van der Waals surface area contributed by atoms with E-state index >= 15 is 0 Å². The number of pyridine rings is 1. The van der Waals surface area contributed by atoms with Gasteiger partial charge in [0.1, 0.15) is 35.6 Å². The molecule has 0 saturated heterocycles. The number of nitrogens with zero attached hydrogens (tertiary/aromatic N) is 1. The summed E-state index contributed by atoms with van der Waals surface area (Å²) in [5.41, 5.74) is -0.290. The van der Waals surface area contributed by atoms with Crippen LogP contribution in [-0.4, -0.2) is 78.9 Å². The van der Waals surface area contributed by atoms with Crippen molar-refractivity contribution in [2.75, 3.05) is 14.2 Å². The maximum Gasteiger partial charge on any atom is 0.328 e. The average molecular weight is 536 g/mol. The number of methoxy groups -OCH3 is 2. The Labute approximate surface area is 221 Å². The number of aromatic nitrogens is 1. The summed E-state index contributed by atoms with van der Waals surface area (Å²) in [5.74, 6) is -4.39. The van der Waals surface area contributed by atoms with E-state index in [1.807, 2.05) is 0 Å². The summed E-state index contributed by atoms with van der Waals surface area (Å²) >= 11 is 0. The topological polar surface area (TPSA) is 182 Å². The molecule has 1 heterocycles. The fourth-order valence-electron chi connectivity index (χ4n) is 3.17. The highest BCUT2D eigenvalue weighted by atomic mass is 16.5. The fourth-order valence-corrected chi connectivity index (χ4v) is 3.17. The molecule has 13 heteroatoms. The van der Waals surface area contributed by atoms with E-state index in [0.717, 1.165) is 0 Å². The normalized spacial score (nSPS) is 13.9. The number of amides is 4. The minimum absolute atomic E-state index is 0.145. The lowest BCUT2D eigenvalue weighted by molar-refractivity contribution is -0.146. The van der Waals surface area contributed by atoms with E-state index in [1.165, 1.54) is 46.3 Å². The van der Waals surface area contributed by atoms with Crippen LogP contribution in [0, 0.1) is 11.8 Å². The maximum absolute atomic E-state index is 12.7. The molecule has 0 spiro atoms. The molecular formula is C25H37N5O8. The van der Waals surface area contributed by atoms with Gasteiger partial charge in [0.15, 0.2) is 0 Å². The van der Waals surface area contributed by atoms with E-state index in [-0.39, 0.29) is 23.2 Å². The first-order valence-corrected chi connectivity index (χ1v) is 12.1. The Morgan fingerprint density at radius 3 is 1.26 bits per heavy atom. The van der Waals surface area contributed by atoms with E-state index in [2.05, 4.69) is 26.3 Å². The standard InChI is InChI=1S/C25H37N5O8/c1-12(2)18(24(35)37-7)29-20(31)14(5)26-22(33)16-10-9-11-17(28-16)23(34)27-15(6)21(32)30-19(13(3)4)25(36)38-8/h9-15,18-19H,1-8H3,(H,26,33)(H,27,34)(H,29,31)(H,30,32)/t14-,15-,18-,19-/m1/s1. The zero-order valence-corrected chi connectivity index (χ0v) is 22.9. The monoisotopic (exact) mass is 535 g/mol. The number of rotatable bonds is 12. The van der Waals surface area contributed by atoms with Crippen LogP contribution in [0.1, 0.15) is 62.5 Å². The number of hydrogen-bond acceptors (Lipinski definition) is 9. The van der Waals surface area contributed by atoms with E-state index in [4.69, 9.17) is 9.47 Å². The molecule has 4 amide bonds. The molecule has 13 nitrogen and oxygen atoms in total. The average Bonchev–Trinajstić information content (AvgIpc) is 2.88. The Morgan fingerprint density at radius 2 is 0.974 bits per heavy atom. The quantitative estimate of drug-likeness (QED) is 0.267. The van der Waals surface area contributed by atoms with Crippen molar-refractivity contribution < 1.29 is 38.2 Å². The SMILES string of the molecule is COC(=O)[C@H](NC(=O)[C@@H](C)NC(=O)c1cccc(C(=O)N[C@H](C)C(=O)N[C@@H](C(=O)OC)C(C)C)n1)C(C)C. The Balaban J connectivity index is 2.84. The van der Waals surface area contributed by atoms with Gasteiger partial charge < -0.3 is 30.7 Å². The first kappa shape index (κ1) is 32.0. The van der Waals surface area contributed by atoms with Crippen LogP contribution >= 0.6 is 0 Å². The van der Waals surface area contributed by atoms with Crippen LogP contribution in [0.4, 0.5) is 0 Å². The van der Waals surface area contributed by atoms with Crippen molar-refractivity contribution in [3.05, 3.63) is 29.6 Å². The lowest BCUT2D eigenvalue weighted by Gasteiger charge is -2.22. The van der Waals surface area contributed by atoms with Gasteiger partial charge in [-0.2, -0.15) is 0 Å². The molecular weight excluding hydrogens is 498 g/mol. The second kappa shape index (κ2) is 14.6. The van der Waals surface area contributed by atoms with Gasteiger partial charge in [-0.15, -0.1) is 0 Å². The summed E-state index contributed by atoms with van der Waals surface area (Å²) in [5, 5.41) is 10.0. The zero-order chi connectivity index (χ0) is 29.2. The molecule has 0 bridgehead atoms. The molecule has 0 unspecified atom stereocenters. The summed E-state index contributed by atoms with van der Waals surface area (Å²) in [6.45, 7) is 9.79. The predicted octanol–water partition coefficient (Wildman–Crippen LogP) is -0.0542. The van der Waals surface area contributed by atoms with E-state index in [1.54, 1.807) is 27.7 Å². The maximum atomic E-state index is 12.7. The van der Waals surface area contributed by atoms with Gasteiger partial charge in [0.05, 0.1) is 14.2 Å². The van der Waals surface area contributed by atoms with Gasteiger partial charge >= 0.3 is 11.9 Å². The van der Waals surface area contributed by atoms with Crippen LogP contribution in [0.25, 0.3) is 0 Å². The van der Waals surface area contributed by atoms with Crippen LogP contribution in [0.5, 0.6) is 0 Å². The van der Waals surface area contributed by atoms with Crippen LogP contribution in [0.2, 0.25) is 0 Å². The molecule has 0 aliphatic carbocycles. The molecule has 4 N–H and O–H groups in total. The van der Waals surface area contributed by atoms with Crippen molar-refractivity contribution in [2.45, 2.75) is 65.7 Å². The van der Waals surface area contributed by atoms with E-state index < -0.39 is 59.7 Å². The summed E-state index contributed by atoms with van der Waals surface area (Å²) in [6, 6.07) is 0.285. The number of carbonyl (C=O) groups excluding carboxylic acids is 6. The Kier molecular flexibility index (Phi) is 12.3. The Hall–Kier alpha value is -4.03. The summed E-state index contributed by atoms with van der Waals surface area (Å²) < 4.78 is 9.39. The van der Waals surface area contributed by atoms with Crippen LogP contribution < -0.4 is 21.3 Å². The number of nitrogens with one attached hydrogen (secondary N) is 4. The van der Waals surface area contributed by atoms with Crippen molar-refractivity contribution in [1.29, 1.82) is 0 Å². The van der Waals surface area contributed by atoms with Gasteiger partial charge in [-0.05, 0) is 37.8 Å². The summed E-state index contributed by atoms with van der Waals surface area (Å²) in [7, 11) is 2.42. The highest BCUT2D eigenvalue weighted by molar-refractivity contribution is 6.00. The largest absolute Gasteiger partial charge is 0.467 e. The summed E-state index contributed by atoms with van der Waals surface area (Å²) in [6.07, 6.45) is 0. The number of carbonyl (C=O) groups is 6. The second-order valence-corrected chi connectivity index (χ2v) is 9.31. The first-order valence-electron chi connectivity index (χ1n) is 12.1. The molecule has 1 rings (SSSR count). The van der Waals surface area contributed by atoms with Gasteiger partial charge in [-0.1, -0.05) is 33.8 Å². The molecule has 0 fully saturated rings. The van der Waals surface area contributed by atoms with Gasteiger partial charge in [-0.3, -0.25) is 19.2 Å². The molecule has 0 aliphatic heterocycles. The molecule has 0 aliphatic rings. The third kappa shape index (κ3) is 9.12. The highest BCUT2D eigenvalue weighted by Gasteiger charge is 2.29. The van der Waals surface area contributed by atoms with Crippen LogP contribution in [0.3, 0.4) is 0 Å². The molecule has 0 saturated carbocycles. The van der Waals surface area contributed by atoms with Crippen molar-refractivity contribution in [3.63, 3.8) is 0 Å². The lowest BCUT2D eigenvalue weighted by Crippen LogP contribution is -2.52. The highest BCUT2D eigenvalue weighted by Crippen LogP contribution is 2.06. The second-order valence-electron chi connectivity index (χ2n) is 9.31. The molecule has 0 radical (unpaired) electrons. The Morgan fingerprint density at radius 1 is 0.632 bits per heavy atom. The van der Waals surface area contributed by atoms with Crippen molar-refractivity contribution >= 4 is 35.6 Å². The minimum atomic E-state index is -1.03. The van der Waals surface area contributed by atoms with Crippen molar-refractivity contribution in [3.8, 4) is 0 Å². The summed E-state index contributed by atoms with van der Waals surface area (Å²) in [4.78, 5) is 78.1. The number of hydrogen-bond donors (Lipinski definition) is 4. The van der Waals surface area contributed by atoms with Gasteiger partial charge in [0.25, 0.3) is 11.8 Å². The predicted molar refractivity (Wildman–Crippen MR) is 136 cm³/mol. The smallest absolute Gasteiger partial charge is 0.328 e. The van der Waals surface area contributed by atoms with Crippen LogP contribution in [0.15, 0.2) is 18.2 Å². The third-order valence-corrected chi connectivity index (χ3v) is 5.54. The van der Waals surface area contributed by atoms with E-state index in [0.29, 0.717) is 0 Å². The Bertz CT molecular complexity index is 965. The van der Waals surface area contributed by atoms with Crippen molar-refractivity contribution in [2.24, 2.45) is 11.8 Å². The molecule has 210 valence electrons. The van der Waals surface area contributed by atoms with Crippen molar-refractivity contribution in [1.82, 2.24) is 26.3 Å². The number of ether oxygens (including phenoxy) is 2. The third-order valence-electron chi connectivity index (χ3n) is 5.54. The fraction of sp³-hybridized carbons (Fsp3) is 0.560. The number of esters is 2. The molecule has 1 aromatic heterocycles. The molecule has 1 aromatic rings. The molecule has 38 heavy (non-hydrogen) atoms. The molecule has 4 atom stereocenters. The van der Waals surface area contributed by atoms with Gasteiger partial charge in [0.2, 0.25) is 11.8 Å². The van der Waals surface area contributed by atoms with Crippen LogP contribution in [-0.2, 0) is 28.7 Å². The first-order chi connectivity index (χ1) is 17.7.